The Labute approximate surface area is 267 Å². The van der Waals surface area contributed by atoms with Gasteiger partial charge < -0.3 is 9.32 Å². The fourth-order valence-electron chi connectivity index (χ4n) is 6.82. The smallest absolute Gasteiger partial charge is 0.136 e. The summed E-state index contributed by atoms with van der Waals surface area (Å²) in [6.45, 7) is 0. The van der Waals surface area contributed by atoms with Gasteiger partial charge in [-0.25, -0.2) is 0 Å². The molecule has 0 N–H and O–H groups in total. The van der Waals surface area contributed by atoms with Gasteiger partial charge in [0.1, 0.15) is 11.2 Å². The Balaban J connectivity index is 1.30. The van der Waals surface area contributed by atoms with Crippen molar-refractivity contribution in [2.45, 2.75) is 0 Å². The number of rotatable bonds is 5. The Kier molecular flexibility index (Phi) is 6.17. The van der Waals surface area contributed by atoms with E-state index in [2.05, 4.69) is 175 Å². The van der Waals surface area contributed by atoms with E-state index >= 15 is 0 Å². The van der Waals surface area contributed by atoms with Gasteiger partial charge in [-0.15, -0.1) is 0 Å². The first-order valence-corrected chi connectivity index (χ1v) is 15.7. The third-order valence-corrected chi connectivity index (χ3v) is 9.03. The molecule has 216 valence electrons. The molecule has 0 saturated carbocycles. The molecule has 2 nitrogen and oxygen atoms in total. The number of para-hydroxylation sites is 1. The molecule has 0 saturated heterocycles. The van der Waals surface area contributed by atoms with Crippen LogP contribution in [-0.2, 0) is 0 Å². The van der Waals surface area contributed by atoms with Crippen molar-refractivity contribution in [2.24, 2.45) is 0 Å². The Morgan fingerprint density at radius 2 is 0.957 bits per heavy atom. The molecule has 8 aromatic carbocycles. The molecule has 1 heterocycles. The largest absolute Gasteiger partial charge is 0.456 e. The van der Waals surface area contributed by atoms with Crippen LogP contribution in [0.15, 0.2) is 180 Å². The summed E-state index contributed by atoms with van der Waals surface area (Å²) in [5, 5.41) is 7.08. The van der Waals surface area contributed by atoms with Crippen molar-refractivity contribution in [3.8, 4) is 22.3 Å². The van der Waals surface area contributed by atoms with Gasteiger partial charge in [-0.05, 0) is 92.3 Å². The predicted octanol–water partition coefficient (Wildman–Crippen LogP) is 12.7. The first-order valence-electron chi connectivity index (χ1n) is 15.7. The van der Waals surface area contributed by atoms with Gasteiger partial charge in [-0.2, -0.15) is 0 Å². The minimum atomic E-state index is 0.897. The van der Waals surface area contributed by atoms with E-state index < -0.39 is 0 Å². The minimum Gasteiger partial charge on any atom is -0.456 e. The number of hydrogen-bond acceptors (Lipinski definition) is 2. The van der Waals surface area contributed by atoms with Crippen molar-refractivity contribution in [1.82, 2.24) is 0 Å². The van der Waals surface area contributed by atoms with Crippen molar-refractivity contribution < 1.29 is 4.42 Å². The maximum absolute atomic E-state index is 6.48. The molecular weight excluding hydrogens is 558 g/mol. The summed E-state index contributed by atoms with van der Waals surface area (Å²) in [5.41, 5.74) is 9.84. The fourth-order valence-corrected chi connectivity index (χ4v) is 6.82. The minimum absolute atomic E-state index is 0.897. The lowest BCUT2D eigenvalue weighted by Crippen LogP contribution is -2.10. The molecule has 0 spiro atoms. The summed E-state index contributed by atoms with van der Waals surface area (Å²) in [4.78, 5) is 2.37. The van der Waals surface area contributed by atoms with Crippen LogP contribution in [0.2, 0.25) is 0 Å². The molecule has 0 amide bonds. The molecule has 1 aromatic heterocycles. The lowest BCUT2D eigenvalue weighted by Gasteiger charge is -2.27. The zero-order valence-corrected chi connectivity index (χ0v) is 25.1. The maximum atomic E-state index is 6.48. The van der Waals surface area contributed by atoms with Crippen LogP contribution in [0.4, 0.5) is 17.1 Å². The van der Waals surface area contributed by atoms with Gasteiger partial charge in [-0.3, -0.25) is 0 Å². The molecule has 0 aliphatic carbocycles. The van der Waals surface area contributed by atoms with Crippen molar-refractivity contribution in [1.29, 1.82) is 0 Å². The Morgan fingerprint density at radius 3 is 1.76 bits per heavy atom. The molecule has 46 heavy (non-hydrogen) atoms. The lowest BCUT2D eigenvalue weighted by molar-refractivity contribution is 0.669. The summed E-state index contributed by atoms with van der Waals surface area (Å²) >= 11 is 0. The Hall–Kier alpha value is -6.12. The first kappa shape index (κ1) is 26.3. The highest BCUT2D eigenvalue weighted by atomic mass is 16.3. The molecule has 0 aliphatic rings. The van der Waals surface area contributed by atoms with Gasteiger partial charge in [0, 0.05) is 27.8 Å². The van der Waals surface area contributed by atoms with Gasteiger partial charge in [0.05, 0.1) is 0 Å². The topological polar surface area (TPSA) is 16.4 Å². The summed E-state index contributed by atoms with van der Waals surface area (Å²) in [5.74, 6) is 0. The van der Waals surface area contributed by atoms with Crippen LogP contribution in [0.3, 0.4) is 0 Å². The van der Waals surface area contributed by atoms with E-state index in [1.54, 1.807) is 0 Å². The summed E-state index contributed by atoms with van der Waals surface area (Å²) in [6.07, 6.45) is 0. The molecule has 9 rings (SSSR count). The maximum Gasteiger partial charge on any atom is 0.136 e. The van der Waals surface area contributed by atoms with E-state index in [1.165, 1.54) is 38.2 Å². The summed E-state index contributed by atoms with van der Waals surface area (Å²) < 4.78 is 6.48. The van der Waals surface area contributed by atoms with Crippen molar-refractivity contribution in [3.05, 3.63) is 176 Å². The van der Waals surface area contributed by atoms with Gasteiger partial charge >= 0.3 is 0 Å². The molecule has 0 aliphatic heterocycles. The van der Waals surface area contributed by atoms with Gasteiger partial charge in [-0.1, -0.05) is 127 Å². The number of benzene rings is 8. The van der Waals surface area contributed by atoms with Crippen LogP contribution in [0.1, 0.15) is 0 Å². The quantitative estimate of drug-likeness (QED) is 0.199. The van der Waals surface area contributed by atoms with Crippen LogP contribution in [0.5, 0.6) is 0 Å². The van der Waals surface area contributed by atoms with Crippen molar-refractivity contribution in [3.63, 3.8) is 0 Å². The second kappa shape index (κ2) is 10.8. The Bertz CT molecular complexity index is 2510. The first-order chi connectivity index (χ1) is 22.8. The number of anilines is 3. The number of furan rings is 1. The van der Waals surface area contributed by atoms with Crippen LogP contribution >= 0.6 is 0 Å². The third-order valence-electron chi connectivity index (χ3n) is 9.03. The molecule has 2 heteroatoms. The van der Waals surface area contributed by atoms with Crippen LogP contribution in [-0.4, -0.2) is 0 Å². The molecule has 0 bridgehead atoms. The van der Waals surface area contributed by atoms with Gasteiger partial charge in [0.15, 0.2) is 0 Å². The van der Waals surface area contributed by atoms with E-state index in [4.69, 9.17) is 4.42 Å². The standard InChI is InChI=1S/C44H29NO/c1-3-11-30(12-4-1)32-19-22-35(23-20-32)45(36-24-21-31-13-7-8-16-34(31)27-36)37-25-26-38-40(33-14-5-2-6-15-33)29-43-44(41(38)28-37)39-17-9-10-18-42(39)46-43/h1-29H. The normalized spacial score (nSPS) is 11.5. The average molecular weight is 588 g/mol. The number of fused-ring (bicyclic) bond motifs is 6. The number of hydrogen-bond donors (Lipinski definition) is 0. The van der Waals surface area contributed by atoms with Crippen LogP contribution in [0, 0.1) is 0 Å². The van der Waals surface area contributed by atoms with Crippen LogP contribution in [0.25, 0.3) is 65.7 Å². The zero-order chi connectivity index (χ0) is 30.5. The second-order valence-electron chi connectivity index (χ2n) is 11.8. The van der Waals surface area contributed by atoms with Crippen molar-refractivity contribution in [2.75, 3.05) is 4.90 Å². The fraction of sp³-hybridized carbons (Fsp3) is 0. The summed E-state index contributed by atoms with van der Waals surface area (Å²) in [6, 6.07) is 62.7. The van der Waals surface area contributed by atoms with E-state index in [0.717, 1.165) is 44.6 Å². The second-order valence-corrected chi connectivity index (χ2v) is 11.8. The van der Waals surface area contributed by atoms with Gasteiger partial charge in [0.2, 0.25) is 0 Å². The zero-order valence-electron chi connectivity index (χ0n) is 25.1. The molecule has 0 fully saturated rings. The molecular formula is C44H29NO. The van der Waals surface area contributed by atoms with Crippen LogP contribution < -0.4 is 4.90 Å². The molecule has 0 radical (unpaired) electrons. The van der Waals surface area contributed by atoms with E-state index in [-0.39, 0.29) is 0 Å². The highest BCUT2D eigenvalue weighted by Gasteiger charge is 2.19. The predicted molar refractivity (Wildman–Crippen MR) is 194 cm³/mol. The highest BCUT2D eigenvalue weighted by molar-refractivity contribution is 6.22. The van der Waals surface area contributed by atoms with E-state index in [9.17, 15) is 0 Å². The molecule has 0 atom stereocenters. The monoisotopic (exact) mass is 587 g/mol. The average Bonchev–Trinajstić information content (AvgIpc) is 3.51. The third kappa shape index (κ3) is 4.43. The highest BCUT2D eigenvalue weighted by Crippen LogP contribution is 2.44. The number of nitrogens with zero attached hydrogens (tertiary/aromatic N) is 1. The van der Waals surface area contributed by atoms with E-state index in [0.29, 0.717) is 0 Å². The lowest BCUT2D eigenvalue weighted by atomic mass is 9.94. The van der Waals surface area contributed by atoms with Gasteiger partial charge in [0.25, 0.3) is 0 Å². The van der Waals surface area contributed by atoms with Crippen molar-refractivity contribution >= 4 is 60.5 Å². The summed E-state index contributed by atoms with van der Waals surface area (Å²) in [7, 11) is 0. The Morgan fingerprint density at radius 1 is 0.348 bits per heavy atom. The molecule has 0 unspecified atom stereocenters. The molecule has 9 aromatic rings. The SMILES string of the molecule is c1ccc(-c2ccc(N(c3ccc4ccccc4c3)c3ccc4c(-c5ccccc5)cc5oc6ccccc6c5c4c3)cc2)cc1. The van der Waals surface area contributed by atoms with E-state index in [1.807, 2.05) is 6.07 Å².